The second-order valence-electron chi connectivity index (χ2n) is 5.32. The molecule has 25 heavy (non-hydrogen) atoms. The number of nitro groups is 1. The van der Waals surface area contributed by atoms with Gasteiger partial charge in [0.1, 0.15) is 10.1 Å². The van der Waals surface area contributed by atoms with Crippen LogP contribution in [-0.4, -0.2) is 20.5 Å². The number of amides is 1. The summed E-state index contributed by atoms with van der Waals surface area (Å²) in [7, 11) is 0. The number of nitrogens with one attached hydrogen (secondary N) is 1. The van der Waals surface area contributed by atoms with E-state index in [-0.39, 0.29) is 17.3 Å². The van der Waals surface area contributed by atoms with Gasteiger partial charge in [0.25, 0.3) is 5.69 Å². The molecule has 0 unspecified atom stereocenters. The van der Waals surface area contributed by atoms with E-state index in [1.807, 2.05) is 24.3 Å². The van der Waals surface area contributed by atoms with Gasteiger partial charge in [0.2, 0.25) is 5.91 Å². The molecule has 1 atom stereocenters. The summed E-state index contributed by atoms with van der Waals surface area (Å²) in [6.45, 7) is 1.76. The van der Waals surface area contributed by atoms with Crippen LogP contribution in [0, 0.1) is 10.1 Å². The summed E-state index contributed by atoms with van der Waals surface area (Å²) in [6, 6.07) is 14.0. The summed E-state index contributed by atoms with van der Waals surface area (Å²) >= 11 is 2.95. The van der Waals surface area contributed by atoms with Gasteiger partial charge < -0.3 is 5.32 Å². The number of anilines is 1. The summed E-state index contributed by atoms with van der Waals surface area (Å²) in [5.41, 5.74) is 2.18. The summed E-state index contributed by atoms with van der Waals surface area (Å²) in [4.78, 5) is 27.5. The average Bonchev–Trinajstić information content (AvgIpc) is 2.61. The minimum absolute atomic E-state index is 0.119. The van der Waals surface area contributed by atoms with Crippen LogP contribution in [0.15, 0.2) is 53.5 Å². The number of fused-ring (bicyclic) bond motifs is 1. The number of rotatable bonds is 4. The van der Waals surface area contributed by atoms with Crippen molar-refractivity contribution in [3.8, 4) is 0 Å². The zero-order valence-electron chi connectivity index (χ0n) is 13.3. The molecule has 3 rings (SSSR count). The lowest BCUT2D eigenvalue weighted by atomic mass is 10.2. The quantitative estimate of drug-likeness (QED) is 0.626. The second kappa shape index (κ2) is 7.71. The normalized spacial score (nSPS) is 14.2. The number of nitro benzene ring substituents is 1. The first-order valence-corrected chi connectivity index (χ1v) is 9.41. The summed E-state index contributed by atoms with van der Waals surface area (Å²) < 4.78 is 0.823. The van der Waals surface area contributed by atoms with Crippen molar-refractivity contribution in [1.82, 2.24) is 0 Å². The molecule has 1 aliphatic heterocycles. The third-order valence-corrected chi connectivity index (χ3v) is 5.86. The van der Waals surface area contributed by atoms with Crippen molar-refractivity contribution in [2.24, 2.45) is 4.99 Å². The fraction of sp³-hybridized carbons (Fsp3) is 0.176. The Morgan fingerprint density at radius 1 is 1.28 bits per heavy atom. The van der Waals surface area contributed by atoms with Crippen molar-refractivity contribution in [2.75, 3.05) is 5.32 Å². The van der Waals surface area contributed by atoms with E-state index in [1.165, 1.54) is 29.5 Å². The SMILES string of the molecule is C[C@@H](SC1=Nc2ccccc2CS1)C(=O)Nc1ccccc1[N+](=O)[O-]. The number of nitrogens with zero attached hydrogens (tertiary/aromatic N) is 2. The molecule has 0 fully saturated rings. The molecule has 0 aliphatic carbocycles. The molecule has 0 saturated heterocycles. The number of benzene rings is 2. The molecule has 0 radical (unpaired) electrons. The van der Waals surface area contributed by atoms with Crippen LogP contribution >= 0.6 is 23.5 Å². The van der Waals surface area contributed by atoms with Gasteiger partial charge in [-0.15, -0.1) is 0 Å². The molecule has 2 aromatic rings. The molecule has 128 valence electrons. The maximum Gasteiger partial charge on any atom is 0.292 e. The molecule has 0 aromatic heterocycles. The van der Waals surface area contributed by atoms with E-state index >= 15 is 0 Å². The molecule has 1 amide bonds. The number of hydrogen-bond donors (Lipinski definition) is 1. The molecule has 8 heteroatoms. The van der Waals surface area contributed by atoms with Gasteiger partial charge in [0, 0.05) is 11.8 Å². The molecule has 1 heterocycles. The van der Waals surface area contributed by atoms with Gasteiger partial charge in [0.15, 0.2) is 0 Å². The fourth-order valence-corrected chi connectivity index (χ4v) is 4.44. The molecule has 0 bridgehead atoms. The first-order chi connectivity index (χ1) is 12.0. The Bertz CT molecular complexity index is 855. The predicted molar refractivity (Wildman–Crippen MR) is 104 cm³/mol. The van der Waals surface area contributed by atoms with Crippen molar-refractivity contribution < 1.29 is 9.72 Å². The van der Waals surface area contributed by atoms with E-state index in [1.54, 1.807) is 30.8 Å². The molecule has 1 aliphatic rings. The van der Waals surface area contributed by atoms with Crippen molar-refractivity contribution >= 4 is 50.9 Å². The number of para-hydroxylation sites is 3. The largest absolute Gasteiger partial charge is 0.319 e. The lowest BCUT2D eigenvalue weighted by Gasteiger charge is -2.17. The number of carbonyl (C=O) groups excluding carboxylic acids is 1. The Hall–Kier alpha value is -2.32. The van der Waals surface area contributed by atoms with Gasteiger partial charge in [-0.25, -0.2) is 4.99 Å². The molecule has 2 aromatic carbocycles. The van der Waals surface area contributed by atoms with Gasteiger partial charge in [-0.1, -0.05) is 53.9 Å². The van der Waals surface area contributed by atoms with E-state index < -0.39 is 10.2 Å². The number of carbonyl (C=O) groups is 1. The third-order valence-electron chi connectivity index (χ3n) is 3.56. The minimum atomic E-state index is -0.509. The van der Waals surface area contributed by atoms with Crippen LogP contribution in [-0.2, 0) is 10.5 Å². The molecule has 0 saturated carbocycles. The Kier molecular flexibility index (Phi) is 5.40. The predicted octanol–water partition coefficient (Wildman–Crippen LogP) is 4.59. The smallest absolute Gasteiger partial charge is 0.292 e. The van der Waals surface area contributed by atoms with E-state index in [0.29, 0.717) is 0 Å². The third kappa shape index (κ3) is 4.21. The maximum atomic E-state index is 12.4. The monoisotopic (exact) mass is 373 g/mol. The lowest BCUT2D eigenvalue weighted by Crippen LogP contribution is -2.24. The molecule has 0 spiro atoms. The Labute approximate surface area is 153 Å². The Morgan fingerprint density at radius 3 is 2.80 bits per heavy atom. The molecular formula is C17H15N3O3S2. The Balaban J connectivity index is 1.68. The van der Waals surface area contributed by atoms with Crippen molar-refractivity contribution in [3.05, 3.63) is 64.2 Å². The van der Waals surface area contributed by atoms with E-state index in [9.17, 15) is 14.9 Å². The lowest BCUT2D eigenvalue weighted by molar-refractivity contribution is -0.383. The maximum absolute atomic E-state index is 12.4. The van der Waals surface area contributed by atoms with Crippen molar-refractivity contribution in [2.45, 2.75) is 17.9 Å². The van der Waals surface area contributed by atoms with Gasteiger partial charge in [-0.05, 0) is 24.6 Å². The van der Waals surface area contributed by atoms with Crippen molar-refractivity contribution in [3.63, 3.8) is 0 Å². The van der Waals surface area contributed by atoms with Gasteiger partial charge in [-0.2, -0.15) is 0 Å². The van der Waals surface area contributed by atoms with Crippen LogP contribution in [0.4, 0.5) is 17.1 Å². The van der Waals surface area contributed by atoms with E-state index in [2.05, 4.69) is 10.3 Å². The number of hydrogen-bond acceptors (Lipinski definition) is 6. The number of thioether (sulfide) groups is 2. The topological polar surface area (TPSA) is 84.6 Å². The van der Waals surface area contributed by atoms with Crippen LogP contribution in [0.3, 0.4) is 0 Å². The highest BCUT2D eigenvalue weighted by Crippen LogP contribution is 2.36. The van der Waals surface area contributed by atoms with Crippen LogP contribution in [0.5, 0.6) is 0 Å². The highest BCUT2D eigenvalue weighted by Gasteiger charge is 2.22. The standard InChI is InChI=1S/C17H15N3O3S2/c1-11(16(21)18-14-8-4-5-9-15(14)20(22)23)25-17-19-13-7-3-2-6-12(13)10-24-17/h2-9,11H,10H2,1H3,(H,18,21)/t11-/m1/s1. The Morgan fingerprint density at radius 2 is 2.00 bits per heavy atom. The zero-order chi connectivity index (χ0) is 17.8. The highest BCUT2D eigenvalue weighted by molar-refractivity contribution is 8.39. The zero-order valence-corrected chi connectivity index (χ0v) is 15.0. The van der Waals surface area contributed by atoms with Crippen LogP contribution < -0.4 is 5.32 Å². The number of aliphatic imine (C=N–C) groups is 1. The summed E-state index contributed by atoms with van der Waals surface area (Å²) in [5, 5.41) is 13.2. The molecule has 6 nitrogen and oxygen atoms in total. The molecular weight excluding hydrogens is 358 g/mol. The van der Waals surface area contributed by atoms with Crippen LogP contribution in [0.1, 0.15) is 12.5 Å². The van der Waals surface area contributed by atoms with Crippen molar-refractivity contribution in [1.29, 1.82) is 0 Å². The average molecular weight is 373 g/mol. The van der Waals surface area contributed by atoms with Gasteiger partial charge in [0.05, 0.1) is 15.9 Å². The summed E-state index contributed by atoms with van der Waals surface area (Å²) in [6.07, 6.45) is 0. The van der Waals surface area contributed by atoms with Crippen LogP contribution in [0.2, 0.25) is 0 Å². The van der Waals surface area contributed by atoms with E-state index in [0.717, 1.165) is 15.8 Å². The first-order valence-electron chi connectivity index (χ1n) is 7.55. The summed E-state index contributed by atoms with van der Waals surface area (Å²) in [5.74, 6) is 0.530. The fourth-order valence-electron chi connectivity index (χ4n) is 2.25. The minimum Gasteiger partial charge on any atom is -0.319 e. The van der Waals surface area contributed by atoms with Gasteiger partial charge >= 0.3 is 0 Å². The van der Waals surface area contributed by atoms with Crippen LogP contribution in [0.25, 0.3) is 0 Å². The highest BCUT2D eigenvalue weighted by atomic mass is 32.2. The molecule has 1 N–H and O–H groups in total. The van der Waals surface area contributed by atoms with Gasteiger partial charge in [-0.3, -0.25) is 14.9 Å². The van der Waals surface area contributed by atoms with E-state index in [4.69, 9.17) is 0 Å². The first kappa shape index (κ1) is 17.5. The second-order valence-corrected chi connectivity index (χ2v) is 7.87.